The highest BCUT2D eigenvalue weighted by Crippen LogP contribution is 2.34. The average molecular weight is 333 g/mol. The molecule has 0 fully saturated rings. The minimum Gasteiger partial charge on any atom is -0.491 e. The molecular formula is C16H16FN3O2S. The Kier molecular flexibility index (Phi) is 4.68. The second kappa shape index (κ2) is 6.89. The number of rotatable bonds is 6. The van der Waals surface area contributed by atoms with Crippen molar-refractivity contribution in [2.24, 2.45) is 0 Å². The molecule has 0 bridgehead atoms. The third kappa shape index (κ3) is 3.57. The van der Waals surface area contributed by atoms with Gasteiger partial charge in [-0.1, -0.05) is 0 Å². The van der Waals surface area contributed by atoms with Gasteiger partial charge in [0, 0.05) is 11.7 Å². The smallest absolute Gasteiger partial charge is 0.148 e. The molecule has 0 saturated heterocycles. The number of benzene rings is 1. The molecule has 1 unspecified atom stereocenters. The minimum absolute atomic E-state index is 0.0583. The van der Waals surface area contributed by atoms with Gasteiger partial charge in [-0.2, -0.15) is 0 Å². The third-order valence-electron chi connectivity index (χ3n) is 3.29. The molecule has 0 spiro atoms. The first kappa shape index (κ1) is 15.6. The average Bonchev–Trinajstić information content (AvgIpc) is 3.03. The van der Waals surface area contributed by atoms with Gasteiger partial charge in [0.25, 0.3) is 0 Å². The third-order valence-corrected chi connectivity index (χ3v) is 4.41. The Morgan fingerprint density at radius 1 is 1.26 bits per heavy atom. The van der Waals surface area contributed by atoms with Crippen molar-refractivity contribution in [3.63, 3.8) is 0 Å². The lowest BCUT2D eigenvalue weighted by Gasteiger charge is -2.08. The number of fused-ring (bicyclic) bond motifs is 1. The lowest BCUT2D eigenvalue weighted by molar-refractivity contribution is 0.0842. The number of anilines is 1. The van der Waals surface area contributed by atoms with Crippen LogP contribution in [0.2, 0.25) is 0 Å². The highest BCUT2D eigenvalue weighted by Gasteiger charge is 2.09. The molecule has 0 aliphatic carbocycles. The van der Waals surface area contributed by atoms with Gasteiger partial charge in [-0.3, -0.25) is 0 Å². The van der Waals surface area contributed by atoms with Gasteiger partial charge in [0.2, 0.25) is 0 Å². The first-order chi connectivity index (χ1) is 11.2. The van der Waals surface area contributed by atoms with Gasteiger partial charge in [-0.25, -0.2) is 4.39 Å². The maximum Gasteiger partial charge on any atom is 0.148 e. The van der Waals surface area contributed by atoms with Gasteiger partial charge in [0.1, 0.15) is 36.6 Å². The second-order valence-corrected chi connectivity index (χ2v) is 6.07. The predicted molar refractivity (Wildman–Crippen MR) is 89.9 cm³/mol. The van der Waals surface area contributed by atoms with E-state index in [9.17, 15) is 9.50 Å². The number of aliphatic hydroxyl groups excluding tert-OH is 1. The predicted octanol–water partition coefficient (Wildman–Crippen LogP) is 3.11. The summed E-state index contributed by atoms with van der Waals surface area (Å²) in [6, 6.07) is 11.5. The van der Waals surface area contributed by atoms with Crippen LogP contribution >= 0.6 is 11.3 Å². The van der Waals surface area contributed by atoms with Gasteiger partial charge in [-0.15, -0.1) is 21.5 Å². The molecule has 0 amide bonds. The number of thiophene rings is 1. The van der Waals surface area contributed by atoms with E-state index < -0.39 is 12.8 Å². The monoisotopic (exact) mass is 333 g/mol. The van der Waals surface area contributed by atoms with Crippen LogP contribution in [-0.4, -0.2) is 41.7 Å². The molecule has 7 heteroatoms. The summed E-state index contributed by atoms with van der Waals surface area (Å²) in [5, 5.41) is 21.5. The van der Waals surface area contributed by atoms with Crippen molar-refractivity contribution in [3.05, 3.63) is 36.4 Å². The lowest BCUT2D eigenvalue weighted by Crippen LogP contribution is -2.19. The fourth-order valence-electron chi connectivity index (χ4n) is 2.06. The molecule has 3 aromatic rings. The van der Waals surface area contributed by atoms with E-state index in [-0.39, 0.29) is 6.61 Å². The number of ether oxygens (including phenoxy) is 1. The molecule has 0 saturated carbocycles. The summed E-state index contributed by atoms with van der Waals surface area (Å²) < 4.78 is 18.7. The van der Waals surface area contributed by atoms with Gasteiger partial charge in [0.05, 0.1) is 4.88 Å². The van der Waals surface area contributed by atoms with Crippen molar-refractivity contribution in [3.8, 4) is 16.3 Å². The fraction of sp³-hybridized carbons (Fsp3) is 0.250. The first-order valence-corrected chi connectivity index (χ1v) is 7.93. The number of nitrogens with zero attached hydrogens (tertiary/aromatic N) is 2. The molecule has 1 aromatic carbocycles. The molecule has 0 aliphatic rings. The summed E-state index contributed by atoms with van der Waals surface area (Å²) >= 11 is 1.58. The van der Waals surface area contributed by atoms with Crippen LogP contribution in [0.3, 0.4) is 0 Å². The molecule has 2 heterocycles. The quantitative estimate of drug-likeness (QED) is 0.725. The normalized spacial score (nSPS) is 12.3. The SMILES string of the molecule is CNc1ccc(-c2cc3ccc(OCC(O)C[19F])cc3s2)nn1. The number of halogens is 1. The minimum atomic E-state index is -1.09. The Bertz CT molecular complexity index is 792. The van der Waals surface area contributed by atoms with Gasteiger partial charge >= 0.3 is 0 Å². The Morgan fingerprint density at radius 3 is 2.83 bits per heavy atom. The van der Waals surface area contributed by atoms with E-state index >= 15 is 0 Å². The number of hydrogen-bond acceptors (Lipinski definition) is 6. The van der Waals surface area contributed by atoms with Crippen LogP contribution in [0.1, 0.15) is 0 Å². The number of alkyl halides is 1. The van der Waals surface area contributed by atoms with Crippen molar-refractivity contribution in [1.82, 2.24) is 10.2 Å². The van der Waals surface area contributed by atoms with Crippen LogP contribution in [-0.2, 0) is 0 Å². The highest BCUT2D eigenvalue weighted by molar-refractivity contribution is 7.22. The van der Waals surface area contributed by atoms with Crippen LogP contribution in [0.15, 0.2) is 36.4 Å². The zero-order chi connectivity index (χ0) is 16.2. The van der Waals surface area contributed by atoms with E-state index in [4.69, 9.17) is 4.74 Å². The van der Waals surface area contributed by atoms with Crippen molar-refractivity contribution >= 4 is 27.2 Å². The maximum atomic E-state index is 12.2. The molecular weight excluding hydrogens is 317 g/mol. The van der Waals surface area contributed by atoms with Crippen LogP contribution in [0, 0.1) is 0 Å². The van der Waals surface area contributed by atoms with Gasteiger partial charge in [0.15, 0.2) is 0 Å². The summed E-state index contributed by atoms with van der Waals surface area (Å²) in [5.41, 5.74) is 0.806. The Balaban J connectivity index is 1.83. The summed E-state index contributed by atoms with van der Waals surface area (Å²) in [6.07, 6.45) is -1.09. The lowest BCUT2D eigenvalue weighted by atomic mass is 10.2. The van der Waals surface area contributed by atoms with E-state index in [1.807, 2.05) is 30.3 Å². The Morgan fingerprint density at radius 2 is 2.13 bits per heavy atom. The van der Waals surface area contributed by atoms with Crippen LogP contribution in [0.4, 0.5) is 10.2 Å². The van der Waals surface area contributed by atoms with E-state index in [0.717, 1.165) is 26.5 Å². The summed E-state index contributed by atoms with van der Waals surface area (Å²) in [5.74, 6) is 1.33. The molecule has 120 valence electrons. The second-order valence-electron chi connectivity index (χ2n) is 4.98. The Labute approximate surface area is 136 Å². The molecule has 23 heavy (non-hydrogen) atoms. The number of hydrogen-bond donors (Lipinski definition) is 2. The van der Waals surface area contributed by atoms with Gasteiger partial charge in [-0.05, 0) is 41.8 Å². The number of aromatic nitrogens is 2. The van der Waals surface area contributed by atoms with Crippen molar-refractivity contribution in [2.45, 2.75) is 6.10 Å². The van der Waals surface area contributed by atoms with Crippen molar-refractivity contribution in [1.29, 1.82) is 0 Å². The maximum absolute atomic E-state index is 12.2. The van der Waals surface area contributed by atoms with Gasteiger partial charge < -0.3 is 15.2 Å². The Hall–Kier alpha value is -2.25. The number of aliphatic hydroxyl groups is 1. The van der Waals surface area contributed by atoms with Crippen LogP contribution in [0.5, 0.6) is 5.75 Å². The molecule has 2 N–H and O–H groups in total. The van der Waals surface area contributed by atoms with E-state index in [1.165, 1.54) is 0 Å². The first-order valence-electron chi connectivity index (χ1n) is 7.12. The molecule has 0 radical (unpaired) electrons. The summed E-state index contributed by atoms with van der Waals surface area (Å²) in [4.78, 5) is 1.01. The summed E-state index contributed by atoms with van der Waals surface area (Å²) in [6.45, 7) is -0.871. The molecule has 2 aromatic heterocycles. The zero-order valence-electron chi connectivity index (χ0n) is 12.5. The van der Waals surface area contributed by atoms with Crippen molar-refractivity contribution in [2.75, 3.05) is 25.6 Å². The van der Waals surface area contributed by atoms with E-state index in [0.29, 0.717) is 5.75 Å². The molecule has 0 aliphatic heterocycles. The molecule has 3 rings (SSSR count). The standard InChI is InChI=1S/C16H16FN3O2S/c1-18-16-5-4-13(19-20-16)15-6-10-2-3-12(7-14(10)23-15)22-9-11(21)8-17/h2-7,11,21H,8-9H2,1H3,(H,18,20)/i17+0. The fourth-order valence-corrected chi connectivity index (χ4v) is 3.12. The van der Waals surface area contributed by atoms with Crippen LogP contribution < -0.4 is 10.1 Å². The number of nitrogens with one attached hydrogen (secondary N) is 1. The highest BCUT2D eigenvalue weighted by atomic mass is 32.1. The summed E-state index contributed by atoms with van der Waals surface area (Å²) in [7, 11) is 1.80. The zero-order valence-corrected chi connectivity index (χ0v) is 13.3. The topological polar surface area (TPSA) is 67.3 Å². The largest absolute Gasteiger partial charge is 0.491 e. The van der Waals surface area contributed by atoms with E-state index in [2.05, 4.69) is 15.5 Å². The molecule has 5 nitrogen and oxygen atoms in total. The van der Waals surface area contributed by atoms with Crippen molar-refractivity contribution < 1.29 is 14.2 Å². The van der Waals surface area contributed by atoms with Crippen LogP contribution in [0.25, 0.3) is 20.7 Å². The molecule has 1 atom stereocenters. The van der Waals surface area contributed by atoms with E-state index in [1.54, 1.807) is 24.5 Å².